The van der Waals surface area contributed by atoms with Gasteiger partial charge in [0.15, 0.2) is 5.82 Å². The van der Waals surface area contributed by atoms with Crippen LogP contribution in [-0.2, 0) is 9.53 Å². The Balaban J connectivity index is 1.80. The Hall–Kier alpha value is -1.92. The summed E-state index contributed by atoms with van der Waals surface area (Å²) in [5.41, 5.74) is 0. The molecule has 0 bridgehead atoms. The predicted molar refractivity (Wildman–Crippen MR) is 62.7 cm³/mol. The first kappa shape index (κ1) is 12.5. The summed E-state index contributed by atoms with van der Waals surface area (Å²) in [6, 6.07) is 0. The second kappa shape index (κ2) is 6.13. The number of nitrogens with one attached hydrogen (secondary N) is 2. The lowest BCUT2D eigenvalue weighted by atomic mass is 10.0. The summed E-state index contributed by atoms with van der Waals surface area (Å²) in [6.45, 7) is 0. The van der Waals surface area contributed by atoms with E-state index in [9.17, 15) is 9.59 Å². The molecule has 0 unspecified atom stereocenters. The number of amides is 1. The highest BCUT2D eigenvalue weighted by Gasteiger charge is 2.23. The Morgan fingerprint density at radius 3 is 2.61 bits per heavy atom. The van der Waals surface area contributed by atoms with Gasteiger partial charge in [0.25, 0.3) is 0 Å². The zero-order valence-electron chi connectivity index (χ0n) is 10.0. The molecule has 0 aromatic carbocycles. The van der Waals surface area contributed by atoms with Gasteiger partial charge in [-0.1, -0.05) is 30.9 Å². The molecule has 0 aliphatic heterocycles. The molecule has 1 aromatic heterocycles. The molecule has 0 saturated heterocycles. The number of hydrogen-bond donors (Lipinski definition) is 2. The fraction of sp³-hybridized carbons (Fsp3) is 0.636. The molecule has 1 saturated carbocycles. The highest BCUT2D eigenvalue weighted by atomic mass is 16.6. The number of aromatic amines is 1. The molecule has 1 heterocycles. The SMILES string of the molecule is O=C(Nc1c[nH]nn1)OC(=O)C1CCCCCC1. The Morgan fingerprint density at radius 2 is 2.00 bits per heavy atom. The summed E-state index contributed by atoms with van der Waals surface area (Å²) in [5.74, 6) is -0.373. The van der Waals surface area contributed by atoms with Crippen LogP contribution >= 0.6 is 0 Å². The van der Waals surface area contributed by atoms with E-state index in [0.717, 1.165) is 38.5 Å². The highest BCUT2D eigenvalue weighted by molar-refractivity contribution is 5.92. The molecule has 0 spiro atoms. The van der Waals surface area contributed by atoms with Crippen LogP contribution in [0.3, 0.4) is 0 Å². The quantitative estimate of drug-likeness (QED) is 0.475. The molecule has 0 atom stereocenters. The lowest BCUT2D eigenvalue weighted by molar-refractivity contribution is -0.141. The van der Waals surface area contributed by atoms with Gasteiger partial charge in [-0.15, -0.1) is 5.10 Å². The van der Waals surface area contributed by atoms with Crippen molar-refractivity contribution in [3.05, 3.63) is 6.20 Å². The van der Waals surface area contributed by atoms with Crippen LogP contribution in [0.2, 0.25) is 0 Å². The summed E-state index contributed by atoms with van der Waals surface area (Å²) in [5, 5.41) is 11.8. The average molecular weight is 252 g/mol. The summed E-state index contributed by atoms with van der Waals surface area (Å²) in [4.78, 5) is 23.2. The van der Waals surface area contributed by atoms with Gasteiger partial charge in [-0.3, -0.25) is 15.2 Å². The van der Waals surface area contributed by atoms with Gasteiger partial charge < -0.3 is 4.74 Å². The Bertz CT molecular complexity index is 396. The number of H-pyrrole nitrogens is 1. The maximum Gasteiger partial charge on any atom is 0.420 e. The number of aromatic nitrogens is 3. The lowest BCUT2D eigenvalue weighted by Gasteiger charge is -2.11. The topological polar surface area (TPSA) is 97.0 Å². The van der Waals surface area contributed by atoms with E-state index in [4.69, 9.17) is 4.74 Å². The molecular weight excluding hydrogens is 236 g/mol. The van der Waals surface area contributed by atoms with Gasteiger partial charge >= 0.3 is 12.1 Å². The lowest BCUT2D eigenvalue weighted by Crippen LogP contribution is -2.24. The van der Waals surface area contributed by atoms with Crippen molar-refractivity contribution in [3.63, 3.8) is 0 Å². The first-order valence-corrected chi connectivity index (χ1v) is 6.15. The third kappa shape index (κ3) is 3.54. The van der Waals surface area contributed by atoms with E-state index in [2.05, 4.69) is 20.7 Å². The standard InChI is InChI=1S/C11H16N4O3/c16-10(8-5-3-1-2-4-6-8)18-11(17)13-9-7-12-15-14-9/h7-8H,1-6H2,(H2,12,13,14,15,17). The maximum atomic E-state index is 11.8. The van der Waals surface area contributed by atoms with E-state index in [1.165, 1.54) is 6.20 Å². The molecule has 2 rings (SSSR count). The van der Waals surface area contributed by atoms with Crippen molar-refractivity contribution in [2.24, 2.45) is 5.92 Å². The van der Waals surface area contributed by atoms with Gasteiger partial charge in [-0.2, -0.15) is 0 Å². The van der Waals surface area contributed by atoms with Crippen LogP contribution in [0.5, 0.6) is 0 Å². The number of esters is 1. The number of carbonyl (C=O) groups excluding carboxylic acids is 2. The molecule has 18 heavy (non-hydrogen) atoms. The van der Waals surface area contributed by atoms with Crippen molar-refractivity contribution in [2.75, 3.05) is 5.32 Å². The fourth-order valence-electron chi connectivity index (χ4n) is 2.08. The third-order valence-corrected chi connectivity index (χ3v) is 3.03. The van der Waals surface area contributed by atoms with Gasteiger partial charge in [0, 0.05) is 0 Å². The van der Waals surface area contributed by atoms with Crippen molar-refractivity contribution >= 4 is 17.9 Å². The second-order valence-electron chi connectivity index (χ2n) is 4.38. The van der Waals surface area contributed by atoms with Gasteiger partial charge in [0.05, 0.1) is 12.1 Å². The minimum Gasteiger partial charge on any atom is -0.376 e. The van der Waals surface area contributed by atoms with Crippen LogP contribution in [0, 0.1) is 5.92 Å². The smallest absolute Gasteiger partial charge is 0.376 e. The molecule has 1 aliphatic carbocycles. The minimum absolute atomic E-state index is 0.157. The molecule has 7 heteroatoms. The van der Waals surface area contributed by atoms with Crippen LogP contribution < -0.4 is 5.32 Å². The summed E-state index contributed by atoms with van der Waals surface area (Å²) < 4.78 is 4.75. The zero-order chi connectivity index (χ0) is 12.8. The normalized spacial score (nSPS) is 16.9. The molecule has 1 amide bonds. The van der Waals surface area contributed by atoms with Crippen molar-refractivity contribution < 1.29 is 14.3 Å². The number of anilines is 1. The summed E-state index contributed by atoms with van der Waals surface area (Å²) in [7, 11) is 0. The monoisotopic (exact) mass is 252 g/mol. The van der Waals surface area contributed by atoms with Crippen LogP contribution in [0.15, 0.2) is 6.20 Å². The fourth-order valence-corrected chi connectivity index (χ4v) is 2.08. The van der Waals surface area contributed by atoms with Crippen LogP contribution in [0.25, 0.3) is 0 Å². The van der Waals surface area contributed by atoms with Crippen LogP contribution in [0.1, 0.15) is 38.5 Å². The van der Waals surface area contributed by atoms with Crippen LogP contribution in [-0.4, -0.2) is 27.5 Å². The largest absolute Gasteiger partial charge is 0.420 e. The highest BCUT2D eigenvalue weighted by Crippen LogP contribution is 2.23. The molecule has 0 radical (unpaired) electrons. The van der Waals surface area contributed by atoms with E-state index in [1.807, 2.05) is 0 Å². The van der Waals surface area contributed by atoms with Crippen molar-refractivity contribution in [3.8, 4) is 0 Å². The number of rotatable bonds is 2. The van der Waals surface area contributed by atoms with Gasteiger partial charge in [0.2, 0.25) is 0 Å². The van der Waals surface area contributed by atoms with Gasteiger partial charge in [0.1, 0.15) is 0 Å². The molecule has 98 valence electrons. The van der Waals surface area contributed by atoms with Crippen LogP contribution in [0.4, 0.5) is 10.6 Å². The maximum absolute atomic E-state index is 11.8. The average Bonchev–Trinajstić information content (AvgIpc) is 2.68. The third-order valence-electron chi connectivity index (χ3n) is 3.03. The van der Waals surface area contributed by atoms with Crippen molar-refractivity contribution in [1.82, 2.24) is 15.4 Å². The predicted octanol–water partition coefficient (Wildman–Crippen LogP) is 1.85. The Labute approximate surface area is 104 Å². The first-order valence-electron chi connectivity index (χ1n) is 6.15. The first-order chi connectivity index (χ1) is 8.75. The number of hydrogen-bond acceptors (Lipinski definition) is 5. The van der Waals surface area contributed by atoms with E-state index in [-0.39, 0.29) is 11.7 Å². The minimum atomic E-state index is -0.807. The Morgan fingerprint density at radius 1 is 1.28 bits per heavy atom. The number of nitrogens with zero attached hydrogens (tertiary/aromatic N) is 2. The van der Waals surface area contributed by atoms with E-state index in [1.54, 1.807) is 0 Å². The van der Waals surface area contributed by atoms with Crippen molar-refractivity contribution in [2.45, 2.75) is 38.5 Å². The zero-order valence-corrected chi connectivity index (χ0v) is 10.0. The summed E-state index contributed by atoms with van der Waals surface area (Å²) in [6.07, 6.45) is 6.53. The van der Waals surface area contributed by atoms with E-state index >= 15 is 0 Å². The van der Waals surface area contributed by atoms with E-state index < -0.39 is 12.1 Å². The molecule has 7 nitrogen and oxygen atoms in total. The number of carbonyl (C=O) groups is 2. The van der Waals surface area contributed by atoms with Gasteiger partial charge in [-0.05, 0) is 12.8 Å². The summed E-state index contributed by atoms with van der Waals surface area (Å²) >= 11 is 0. The molecule has 1 aliphatic rings. The molecule has 2 N–H and O–H groups in total. The number of ether oxygens (including phenoxy) is 1. The second-order valence-corrected chi connectivity index (χ2v) is 4.38. The molecule has 1 aromatic rings. The Kier molecular flexibility index (Phi) is 4.27. The molecule has 1 fully saturated rings. The van der Waals surface area contributed by atoms with E-state index in [0.29, 0.717) is 0 Å². The van der Waals surface area contributed by atoms with Crippen molar-refractivity contribution in [1.29, 1.82) is 0 Å². The van der Waals surface area contributed by atoms with Gasteiger partial charge in [-0.25, -0.2) is 4.79 Å². The molecular formula is C11H16N4O3.